The smallest absolute Gasteiger partial charge is 0.290 e. The number of piperidine rings is 2. The van der Waals surface area contributed by atoms with Gasteiger partial charge in [-0.05, 0) is 50.5 Å². The summed E-state index contributed by atoms with van der Waals surface area (Å²) in [4.78, 5) is 25.9. The number of rotatable bonds is 2. The van der Waals surface area contributed by atoms with Gasteiger partial charge in [0.15, 0.2) is 17.3 Å². The Morgan fingerprint density at radius 2 is 1.94 bits per heavy atom. The van der Waals surface area contributed by atoms with Gasteiger partial charge in [0.2, 0.25) is 0 Å². The van der Waals surface area contributed by atoms with Crippen molar-refractivity contribution in [2.45, 2.75) is 32.3 Å². The number of aliphatic hydroxyl groups is 1. The normalized spacial score (nSPS) is 23.6. The molecule has 1 aromatic carbocycles. The summed E-state index contributed by atoms with van der Waals surface area (Å²) >= 11 is 0. The van der Waals surface area contributed by atoms with Crippen LogP contribution in [0.5, 0.6) is 11.5 Å². The first kappa shape index (κ1) is 23.7. The van der Waals surface area contributed by atoms with Crippen molar-refractivity contribution in [1.29, 1.82) is 0 Å². The van der Waals surface area contributed by atoms with Gasteiger partial charge in [-0.2, -0.15) is 5.10 Å². The lowest BCUT2D eigenvalue weighted by molar-refractivity contribution is -0.122. The second-order valence-electron chi connectivity index (χ2n) is 8.89. The number of ether oxygens (including phenoxy) is 2. The fraction of sp³-hybridized carbons (Fsp3) is 0.500. The third kappa shape index (κ3) is 4.77. The Bertz CT molecular complexity index is 1020. The highest BCUT2D eigenvalue weighted by Gasteiger charge is 2.47. The summed E-state index contributed by atoms with van der Waals surface area (Å²) in [5, 5.41) is 26.4. The van der Waals surface area contributed by atoms with Crippen LogP contribution in [-0.2, 0) is 4.79 Å². The van der Waals surface area contributed by atoms with E-state index in [2.05, 4.69) is 15.1 Å². The van der Waals surface area contributed by atoms with Gasteiger partial charge in [-0.15, -0.1) is 5.10 Å². The number of amides is 1. The second-order valence-corrected chi connectivity index (χ2v) is 8.89. The van der Waals surface area contributed by atoms with E-state index >= 15 is 0 Å². The van der Waals surface area contributed by atoms with Gasteiger partial charge in [-0.1, -0.05) is 6.07 Å². The van der Waals surface area contributed by atoms with Crippen LogP contribution in [0.25, 0.3) is 0 Å². The van der Waals surface area contributed by atoms with Crippen LogP contribution in [0.2, 0.25) is 0 Å². The molecule has 2 aromatic rings. The minimum atomic E-state index is -0.456. The zero-order chi connectivity index (χ0) is 24.1. The molecule has 10 nitrogen and oxygen atoms in total. The van der Waals surface area contributed by atoms with Gasteiger partial charge in [0, 0.05) is 31.6 Å². The maximum Gasteiger partial charge on any atom is 0.290 e. The number of benzene rings is 1. The van der Waals surface area contributed by atoms with Crippen molar-refractivity contribution in [2.24, 2.45) is 5.41 Å². The van der Waals surface area contributed by atoms with E-state index in [0.717, 1.165) is 30.9 Å². The maximum atomic E-state index is 13.5. The lowest BCUT2D eigenvalue weighted by atomic mass is 9.71. The molecule has 2 fully saturated rings. The topological polar surface area (TPSA) is 125 Å². The number of fused-ring (bicyclic) bond motifs is 1. The Kier molecular flexibility index (Phi) is 7.16. The SMILES string of the molecule is Cc1ccc(N2CC[C@H](O)[C@@]3(CCCN(C(=O)c4cccc5c4OCCO5)C3)C2)nn1.O=CO. The Morgan fingerprint density at radius 3 is 2.71 bits per heavy atom. The lowest BCUT2D eigenvalue weighted by Gasteiger charge is -2.51. The molecule has 10 heteroatoms. The largest absolute Gasteiger partial charge is 0.486 e. The standard InChI is InChI=1S/C23H28N4O4.CH2O2/c1-16-6-7-20(25-24-16)26-11-8-19(28)23(14-26)9-3-10-27(15-23)22(29)17-4-2-5-18-21(17)31-13-12-30-18;2-1-3/h2,4-7,19,28H,3,8-15H2,1H3;1H,(H,2,3)/t19-,23-;/m0./s1. The van der Waals surface area contributed by atoms with Crippen LogP contribution >= 0.6 is 0 Å². The number of aromatic nitrogens is 2. The van der Waals surface area contributed by atoms with E-state index in [-0.39, 0.29) is 17.8 Å². The van der Waals surface area contributed by atoms with E-state index in [1.807, 2.05) is 36.1 Å². The number of aryl methyl sites for hydroxylation is 1. The molecule has 3 aliphatic rings. The summed E-state index contributed by atoms with van der Waals surface area (Å²) < 4.78 is 11.4. The van der Waals surface area contributed by atoms with Crippen LogP contribution in [-0.4, -0.2) is 83.2 Å². The average Bonchev–Trinajstić information content (AvgIpc) is 2.86. The molecule has 0 aliphatic carbocycles. The molecular weight excluding hydrogens is 440 g/mol. The number of carboxylic acid groups (broad SMARTS) is 1. The van der Waals surface area contributed by atoms with Crippen LogP contribution in [0, 0.1) is 12.3 Å². The number of likely N-dealkylation sites (tertiary alicyclic amines) is 1. The number of anilines is 1. The Labute approximate surface area is 198 Å². The number of hydrogen-bond donors (Lipinski definition) is 2. The average molecular weight is 471 g/mol. The Balaban J connectivity index is 0.000000868. The molecule has 0 radical (unpaired) electrons. The number of hydrogen-bond acceptors (Lipinski definition) is 8. The molecule has 0 saturated carbocycles. The molecule has 0 unspecified atom stereocenters. The van der Waals surface area contributed by atoms with E-state index in [9.17, 15) is 9.90 Å². The van der Waals surface area contributed by atoms with Crippen LogP contribution in [0.15, 0.2) is 30.3 Å². The molecule has 4 heterocycles. The number of nitrogens with zero attached hydrogens (tertiary/aromatic N) is 4. The van der Waals surface area contributed by atoms with Crippen LogP contribution in [0.4, 0.5) is 5.82 Å². The minimum absolute atomic E-state index is 0.0686. The van der Waals surface area contributed by atoms with E-state index in [1.165, 1.54) is 0 Å². The summed E-state index contributed by atoms with van der Waals surface area (Å²) in [6.45, 7) is 5.15. The predicted octanol–water partition coefficient (Wildman–Crippen LogP) is 1.75. The fourth-order valence-electron chi connectivity index (χ4n) is 5.05. The Morgan fingerprint density at radius 1 is 1.15 bits per heavy atom. The van der Waals surface area contributed by atoms with Crippen LogP contribution in [0.1, 0.15) is 35.3 Å². The third-order valence-corrected chi connectivity index (χ3v) is 6.69. The molecule has 1 aromatic heterocycles. The quantitative estimate of drug-likeness (QED) is 0.632. The summed E-state index contributed by atoms with van der Waals surface area (Å²) in [5.41, 5.74) is 1.02. The van der Waals surface area contributed by atoms with Gasteiger partial charge < -0.3 is 29.5 Å². The maximum absolute atomic E-state index is 13.5. The molecular formula is C24H30N4O6. The van der Waals surface area contributed by atoms with Crippen LogP contribution in [0.3, 0.4) is 0 Å². The molecule has 2 atom stereocenters. The minimum Gasteiger partial charge on any atom is -0.486 e. The van der Waals surface area contributed by atoms with E-state index in [1.54, 1.807) is 6.07 Å². The fourth-order valence-corrected chi connectivity index (χ4v) is 5.05. The highest BCUT2D eigenvalue weighted by atomic mass is 16.6. The summed E-state index contributed by atoms with van der Waals surface area (Å²) in [7, 11) is 0. The van der Waals surface area contributed by atoms with Crippen molar-refractivity contribution >= 4 is 18.2 Å². The van der Waals surface area contributed by atoms with Crippen molar-refractivity contribution in [3.63, 3.8) is 0 Å². The van der Waals surface area contributed by atoms with Gasteiger partial charge in [0.05, 0.1) is 17.4 Å². The van der Waals surface area contributed by atoms with E-state index < -0.39 is 6.10 Å². The van der Waals surface area contributed by atoms with Crippen LogP contribution < -0.4 is 14.4 Å². The van der Waals surface area contributed by atoms with E-state index in [0.29, 0.717) is 56.3 Å². The van der Waals surface area contributed by atoms with Gasteiger partial charge in [-0.25, -0.2) is 0 Å². The molecule has 3 aliphatic heterocycles. The molecule has 1 spiro atoms. The van der Waals surface area contributed by atoms with E-state index in [4.69, 9.17) is 19.4 Å². The third-order valence-electron chi connectivity index (χ3n) is 6.69. The van der Waals surface area contributed by atoms with Gasteiger partial charge in [0.1, 0.15) is 13.2 Å². The summed E-state index contributed by atoms with van der Waals surface area (Å²) in [6.07, 6.45) is 1.92. The molecule has 0 bridgehead atoms. The number of para-hydroxylation sites is 1. The first-order valence-electron chi connectivity index (χ1n) is 11.5. The van der Waals surface area contributed by atoms with Crippen molar-refractivity contribution in [2.75, 3.05) is 44.3 Å². The number of carbonyl (C=O) groups is 2. The molecule has 5 rings (SSSR count). The highest BCUT2D eigenvalue weighted by Crippen LogP contribution is 2.41. The molecule has 1 amide bonds. The monoisotopic (exact) mass is 470 g/mol. The van der Waals surface area contributed by atoms with Crippen molar-refractivity contribution in [1.82, 2.24) is 15.1 Å². The Hall–Kier alpha value is -3.40. The molecule has 2 N–H and O–H groups in total. The van der Waals surface area contributed by atoms with Gasteiger partial charge in [0.25, 0.3) is 12.4 Å². The molecule has 34 heavy (non-hydrogen) atoms. The van der Waals surface area contributed by atoms with Crippen molar-refractivity contribution in [3.8, 4) is 11.5 Å². The molecule has 182 valence electrons. The summed E-state index contributed by atoms with van der Waals surface area (Å²) in [5.74, 6) is 1.90. The first-order valence-corrected chi connectivity index (χ1v) is 11.5. The number of aliphatic hydroxyl groups excluding tert-OH is 1. The van der Waals surface area contributed by atoms with Gasteiger partial charge >= 0.3 is 0 Å². The zero-order valence-electron chi connectivity index (χ0n) is 19.2. The summed E-state index contributed by atoms with van der Waals surface area (Å²) in [6, 6.07) is 9.38. The molecule has 2 saturated heterocycles. The highest BCUT2D eigenvalue weighted by molar-refractivity contribution is 5.98. The predicted molar refractivity (Wildman–Crippen MR) is 123 cm³/mol. The van der Waals surface area contributed by atoms with Crippen molar-refractivity contribution in [3.05, 3.63) is 41.6 Å². The number of carbonyl (C=O) groups excluding carboxylic acids is 1. The first-order chi connectivity index (χ1) is 16.5. The van der Waals surface area contributed by atoms with Gasteiger partial charge in [-0.3, -0.25) is 9.59 Å². The zero-order valence-corrected chi connectivity index (χ0v) is 19.2. The lowest BCUT2D eigenvalue weighted by Crippen LogP contribution is -2.60. The second kappa shape index (κ2) is 10.3. The van der Waals surface area contributed by atoms with Crippen molar-refractivity contribution < 1.29 is 29.3 Å².